The Balaban J connectivity index is 1.88. The Labute approximate surface area is 189 Å². The van der Waals surface area contributed by atoms with Crippen LogP contribution in [0.15, 0.2) is 12.1 Å². The van der Waals surface area contributed by atoms with Gasteiger partial charge in [-0.25, -0.2) is 0 Å². The van der Waals surface area contributed by atoms with Crippen molar-refractivity contribution in [3.63, 3.8) is 0 Å². The van der Waals surface area contributed by atoms with Crippen molar-refractivity contribution in [1.82, 2.24) is 0 Å². The number of benzene rings is 1. The molecule has 13 heteroatoms. The smallest absolute Gasteiger partial charge is 0.229 e. The molecule has 8 atom stereocenters. The summed E-state index contributed by atoms with van der Waals surface area (Å²) in [5, 5.41) is 60.3. The summed E-state index contributed by atoms with van der Waals surface area (Å²) in [5.41, 5.74) is -1.97. The summed E-state index contributed by atoms with van der Waals surface area (Å²) in [7, 11) is 4.25. The number of hydrogen-bond donors (Lipinski definition) is 6. The summed E-state index contributed by atoms with van der Waals surface area (Å²) in [6.45, 7) is -1.86. The average Bonchev–Trinajstić information content (AvgIpc) is 3.11. The predicted octanol–water partition coefficient (Wildman–Crippen LogP) is -2.64. The van der Waals surface area contributed by atoms with E-state index in [-0.39, 0.29) is 17.2 Å². The van der Waals surface area contributed by atoms with Gasteiger partial charge < -0.3 is 63.8 Å². The molecule has 2 fully saturated rings. The molecule has 2 aliphatic rings. The van der Waals surface area contributed by atoms with Crippen LogP contribution in [-0.4, -0.2) is 120 Å². The summed E-state index contributed by atoms with van der Waals surface area (Å²) in [4.78, 5) is 0. The van der Waals surface area contributed by atoms with Crippen LogP contribution in [-0.2, 0) is 14.2 Å². The molecule has 2 aliphatic heterocycles. The first kappa shape index (κ1) is 25.7. The Morgan fingerprint density at radius 1 is 0.970 bits per heavy atom. The second-order valence-corrected chi connectivity index (χ2v) is 7.67. The van der Waals surface area contributed by atoms with Crippen molar-refractivity contribution in [1.29, 1.82) is 0 Å². The molecular formula is C20H30O13. The van der Waals surface area contributed by atoms with Crippen molar-refractivity contribution in [3.05, 3.63) is 12.1 Å². The third kappa shape index (κ3) is 4.96. The summed E-state index contributed by atoms with van der Waals surface area (Å²) < 4.78 is 38.1. The first-order chi connectivity index (χ1) is 15.7. The van der Waals surface area contributed by atoms with Gasteiger partial charge in [-0.3, -0.25) is 0 Å². The van der Waals surface area contributed by atoms with E-state index in [0.29, 0.717) is 5.75 Å². The number of hydrogen-bond acceptors (Lipinski definition) is 13. The molecule has 3 rings (SSSR count). The lowest BCUT2D eigenvalue weighted by Gasteiger charge is -2.42. The third-order valence-electron chi connectivity index (χ3n) is 5.59. The Kier molecular flexibility index (Phi) is 8.21. The topological polar surface area (TPSA) is 186 Å². The van der Waals surface area contributed by atoms with E-state index in [1.54, 1.807) is 0 Å². The van der Waals surface area contributed by atoms with Gasteiger partial charge in [-0.2, -0.15) is 0 Å². The molecular weight excluding hydrogens is 448 g/mol. The van der Waals surface area contributed by atoms with E-state index in [4.69, 9.17) is 33.2 Å². The Morgan fingerprint density at radius 3 is 2.09 bits per heavy atom. The first-order valence-electron chi connectivity index (χ1n) is 10.1. The fourth-order valence-electron chi connectivity index (χ4n) is 3.62. The zero-order valence-corrected chi connectivity index (χ0v) is 18.4. The lowest BCUT2D eigenvalue weighted by molar-refractivity contribution is -0.318. The number of ether oxygens (including phenoxy) is 7. The predicted molar refractivity (Wildman–Crippen MR) is 107 cm³/mol. The Bertz CT molecular complexity index is 766. The molecule has 33 heavy (non-hydrogen) atoms. The summed E-state index contributed by atoms with van der Waals surface area (Å²) in [6, 6.07) is 2.91. The van der Waals surface area contributed by atoms with Crippen LogP contribution in [0.1, 0.15) is 0 Å². The van der Waals surface area contributed by atoms with Gasteiger partial charge in [-0.05, 0) is 0 Å². The van der Waals surface area contributed by atoms with E-state index in [0.717, 1.165) is 0 Å². The maximum atomic E-state index is 10.6. The lowest BCUT2D eigenvalue weighted by atomic mass is 9.98. The molecule has 0 amide bonds. The van der Waals surface area contributed by atoms with Gasteiger partial charge in [0.15, 0.2) is 23.9 Å². The SMILES string of the molecule is COc1cc(O[C@@H]2O[C@H](CO)[C@@H](O)[C@H](O)[C@H]2O[C@H]2OC[C@@](O)(CO)[C@@H]2O)cc(OC)c1OC. The zero-order chi connectivity index (χ0) is 24.3. The second kappa shape index (κ2) is 10.5. The van der Waals surface area contributed by atoms with Gasteiger partial charge in [0.2, 0.25) is 12.0 Å². The summed E-state index contributed by atoms with van der Waals surface area (Å²) in [6.07, 6.45) is -10.4. The van der Waals surface area contributed by atoms with Gasteiger partial charge in [-0.15, -0.1) is 0 Å². The minimum absolute atomic E-state index is 0.142. The normalized spacial score (nSPS) is 36.5. The fourth-order valence-corrected chi connectivity index (χ4v) is 3.62. The lowest BCUT2D eigenvalue weighted by Crippen LogP contribution is -2.62. The fraction of sp³-hybridized carbons (Fsp3) is 0.700. The van der Waals surface area contributed by atoms with Crippen LogP contribution in [0.25, 0.3) is 0 Å². The van der Waals surface area contributed by atoms with Gasteiger partial charge in [0.05, 0.1) is 41.2 Å². The van der Waals surface area contributed by atoms with Crippen molar-refractivity contribution in [2.75, 3.05) is 41.2 Å². The van der Waals surface area contributed by atoms with Crippen molar-refractivity contribution in [2.24, 2.45) is 0 Å². The number of rotatable bonds is 9. The van der Waals surface area contributed by atoms with E-state index >= 15 is 0 Å². The minimum atomic E-state index is -1.97. The maximum Gasteiger partial charge on any atom is 0.229 e. The van der Waals surface area contributed by atoms with Gasteiger partial charge in [0.25, 0.3) is 0 Å². The average molecular weight is 478 g/mol. The van der Waals surface area contributed by atoms with Crippen molar-refractivity contribution in [3.8, 4) is 23.0 Å². The maximum absolute atomic E-state index is 10.6. The molecule has 0 unspecified atom stereocenters. The molecule has 0 radical (unpaired) electrons. The molecule has 188 valence electrons. The van der Waals surface area contributed by atoms with E-state index < -0.39 is 68.5 Å². The Hall–Kier alpha value is -1.94. The molecule has 0 saturated carbocycles. The van der Waals surface area contributed by atoms with Crippen molar-refractivity contribution < 1.29 is 63.8 Å². The summed E-state index contributed by atoms with van der Waals surface area (Å²) in [5.74, 6) is 0.978. The van der Waals surface area contributed by atoms with Gasteiger partial charge >= 0.3 is 0 Å². The quantitative estimate of drug-likeness (QED) is 0.216. The molecule has 2 heterocycles. The standard InChI is InChI=1S/C20H30O13/c1-27-10-4-9(5-11(28-2)15(10)29-3)31-18-16(14(24)13(23)12(6-21)32-18)33-19-17(25)20(26,7-22)8-30-19/h4-5,12-14,16-19,21-26H,6-8H2,1-3H3/t12-,13-,14+,16-,17-,18-,19-,20+/m1/s1. The highest BCUT2D eigenvalue weighted by atomic mass is 16.8. The molecule has 0 aromatic heterocycles. The molecule has 6 N–H and O–H groups in total. The van der Waals surface area contributed by atoms with Crippen LogP contribution < -0.4 is 18.9 Å². The van der Waals surface area contributed by atoms with Gasteiger partial charge in [0, 0.05) is 12.1 Å². The van der Waals surface area contributed by atoms with E-state index in [1.165, 1.54) is 33.5 Å². The van der Waals surface area contributed by atoms with Crippen LogP contribution in [0.5, 0.6) is 23.0 Å². The summed E-state index contributed by atoms with van der Waals surface area (Å²) >= 11 is 0. The number of aliphatic hydroxyl groups is 6. The van der Waals surface area contributed by atoms with Gasteiger partial charge in [0.1, 0.15) is 35.8 Å². The zero-order valence-electron chi connectivity index (χ0n) is 18.4. The third-order valence-corrected chi connectivity index (χ3v) is 5.59. The number of methoxy groups -OCH3 is 3. The molecule has 1 aromatic carbocycles. The van der Waals surface area contributed by atoms with E-state index in [2.05, 4.69) is 0 Å². The second-order valence-electron chi connectivity index (χ2n) is 7.67. The molecule has 0 aliphatic carbocycles. The van der Waals surface area contributed by atoms with Crippen molar-refractivity contribution in [2.45, 2.75) is 48.7 Å². The molecule has 0 spiro atoms. The highest BCUT2D eigenvalue weighted by Crippen LogP contribution is 2.42. The largest absolute Gasteiger partial charge is 0.493 e. The monoisotopic (exact) mass is 478 g/mol. The van der Waals surface area contributed by atoms with Crippen LogP contribution in [0, 0.1) is 0 Å². The molecule has 0 bridgehead atoms. The van der Waals surface area contributed by atoms with Gasteiger partial charge in [-0.1, -0.05) is 0 Å². The minimum Gasteiger partial charge on any atom is -0.493 e. The number of aliphatic hydroxyl groups excluding tert-OH is 5. The van der Waals surface area contributed by atoms with Crippen LogP contribution in [0.2, 0.25) is 0 Å². The molecule has 1 aromatic rings. The van der Waals surface area contributed by atoms with Crippen LogP contribution in [0.3, 0.4) is 0 Å². The van der Waals surface area contributed by atoms with E-state index in [9.17, 15) is 30.6 Å². The molecule has 13 nitrogen and oxygen atoms in total. The van der Waals surface area contributed by atoms with Crippen molar-refractivity contribution >= 4 is 0 Å². The first-order valence-corrected chi connectivity index (χ1v) is 10.1. The molecule has 2 saturated heterocycles. The van der Waals surface area contributed by atoms with E-state index in [1.807, 2.05) is 0 Å². The van der Waals surface area contributed by atoms with Crippen LogP contribution >= 0.6 is 0 Å². The highest BCUT2D eigenvalue weighted by molar-refractivity contribution is 5.55. The van der Waals surface area contributed by atoms with Crippen LogP contribution in [0.4, 0.5) is 0 Å². The highest BCUT2D eigenvalue weighted by Gasteiger charge is 2.53. The Morgan fingerprint density at radius 2 is 1.61 bits per heavy atom.